The standard InChI is InChI=1S/C22H17BrClN5OS/c1-14-4-7-17(24)11-19(14)26-20(30)13-31-22-28-27-21(15-3-2-10-25-12-15)29(22)18-8-5-16(23)6-9-18/h2-12H,13H2,1H3,(H,26,30). The Morgan fingerprint density at radius 3 is 2.71 bits per heavy atom. The summed E-state index contributed by atoms with van der Waals surface area (Å²) in [7, 11) is 0. The van der Waals surface area contributed by atoms with Crippen molar-refractivity contribution in [1.82, 2.24) is 19.7 Å². The van der Waals surface area contributed by atoms with Crippen LogP contribution < -0.4 is 5.32 Å². The quantitative estimate of drug-likeness (QED) is 0.330. The highest BCUT2D eigenvalue weighted by molar-refractivity contribution is 9.10. The van der Waals surface area contributed by atoms with Crippen molar-refractivity contribution >= 4 is 50.9 Å². The number of anilines is 1. The zero-order valence-electron chi connectivity index (χ0n) is 16.4. The highest BCUT2D eigenvalue weighted by Gasteiger charge is 2.18. The topological polar surface area (TPSA) is 72.7 Å². The summed E-state index contributed by atoms with van der Waals surface area (Å²) in [4.78, 5) is 16.8. The summed E-state index contributed by atoms with van der Waals surface area (Å²) in [6.45, 7) is 1.92. The number of nitrogens with one attached hydrogen (secondary N) is 1. The number of halogens is 2. The van der Waals surface area contributed by atoms with E-state index in [1.54, 1.807) is 24.5 Å². The smallest absolute Gasteiger partial charge is 0.234 e. The molecule has 2 aromatic carbocycles. The van der Waals surface area contributed by atoms with Crippen molar-refractivity contribution in [2.45, 2.75) is 12.1 Å². The fourth-order valence-corrected chi connectivity index (χ4v) is 4.10. The number of carbonyl (C=O) groups excluding carboxylic acids is 1. The van der Waals surface area contributed by atoms with Crippen molar-refractivity contribution in [1.29, 1.82) is 0 Å². The van der Waals surface area contributed by atoms with Gasteiger partial charge in [-0.1, -0.05) is 45.4 Å². The second kappa shape index (κ2) is 9.64. The third-order valence-electron chi connectivity index (χ3n) is 4.44. The summed E-state index contributed by atoms with van der Waals surface area (Å²) in [5.74, 6) is 0.681. The Labute approximate surface area is 197 Å². The first-order chi connectivity index (χ1) is 15.0. The van der Waals surface area contributed by atoms with E-state index in [-0.39, 0.29) is 11.7 Å². The molecule has 6 nitrogen and oxygen atoms in total. The maximum Gasteiger partial charge on any atom is 0.234 e. The van der Waals surface area contributed by atoms with Gasteiger partial charge in [0.05, 0.1) is 5.75 Å². The monoisotopic (exact) mass is 513 g/mol. The molecule has 2 aromatic heterocycles. The summed E-state index contributed by atoms with van der Waals surface area (Å²) < 4.78 is 2.89. The molecule has 0 spiro atoms. The number of carbonyl (C=O) groups is 1. The highest BCUT2D eigenvalue weighted by atomic mass is 79.9. The normalized spacial score (nSPS) is 10.8. The van der Waals surface area contributed by atoms with Crippen LogP contribution in [0.5, 0.6) is 0 Å². The van der Waals surface area contributed by atoms with Crippen LogP contribution in [0.2, 0.25) is 5.02 Å². The molecule has 0 fully saturated rings. The van der Waals surface area contributed by atoms with Crippen LogP contribution in [0.4, 0.5) is 5.69 Å². The van der Waals surface area contributed by atoms with Gasteiger partial charge in [0.2, 0.25) is 5.91 Å². The van der Waals surface area contributed by atoms with Gasteiger partial charge in [-0.2, -0.15) is 0 Å². The first-order valence-corrected chi connectivity index (χ1v) is 11.5. The van der Waals surface area contributed by atoms with E-state index in [9.17, 15) is 4.79 Å². The Hall–Kier alpha value is -2.68. The van der Waals surface area contributed by atoms with Crippen molar-refractivity contribution in [3.05, 3.63) is 82.0 Å². The predicted molar refractivity (Wildman–Crippen MR) is 128 cm³/mol. The Morgan fingerprint density at radius 2 is 1.97 bits per heavy atom. The number of pyridine rings is 1. The number of thioether (sulfide) groups is 1. The maximum atomic E-state index is 12.6. The molecule has 0 aliphatic carbocycles. The van der Waals surface area contributed by atoms with Crippen LogP contribution in [0.15, 0.2) is 76.6 Å². The lowest BCUT2D eigenvalue weighted by Gasteiger charge is -2.11. The highest BCUT2D eigenvalue weighted by Crippen LogP contribution is 2.28. The van der Waals surface area contributed by atoms with Crippen LogP contribution in [0.3, 0.4) is 0 Å². The average molecular weight is 515 g/mol. The molecule has 0 atom stereocenters. The Bertz CT molecular complexity index is 1210. The summed E-state index contributed by atoms with van der Waals surface area (Å²) in [6.07, 6.45) is 3.45. The van der Waals surface area contributed by atoms with Crippen LogP contribution in [-0.4, -0.2) is 31.4 Å². The van der Waals surface area contributed by atoms with E-state index in [1.165, 1.54) is 11.8 Å². The number of hydrogen-bond donors (Lipinski definition) is 1. The first kappa shape index (κ1) is 21.5. The van der Waals surface area contributed by atoms with E-state index in [2.05, 4.69) is 36.4 Å². The van der Waals surface area contributed by atoms with E-state index in [0.717, 1.165) is 21.3 Å². The molecule has 31 heavy (non-hydrogen) atoms. The van der Waals surface area contributed by atoms with Gasteiger partial charge in [0.25, 0.3) is 0 Å². The Kier molecular flexibility index (Phi) is 6.70. The molecule has 1 N–H and O–H groups in total. The summed E-state index contributed by atoms with van der Waals surface area (Å²) >= 11 is 10.8. The summed E-state index contributed by atoms with van der Waals surface area (Å²) in [5.41, 5.74) is 3.37. The van der Waals surface area contributed by atoms with Crippen LogP contribution in [0.1, 0.15) is 5.56 Å². The fourth-order valence-electron chi connectivity index (χ4n) is 2.91. The van der Waals surface area contributed by atoms with Crippen molar-refractivity contribution < 1.29 is 4.79 Å². The van der Waals surface area contributed by atoms with Gasteiger partial charge in [-0.25, -0.2) is 0 Å². The fraction of sp³-hybridized carbons (Fsp3) is 0.0909. The number of aryl methyl sites for hydroxylation is 1. The van der Waals surface area contributed by atoms with Crippen molar-refractivity contribution in [2.75, 3.05) is 11.1 Å². The van der Waals surface area contributed by atoms with Crippen LogP contribution in [0, 0.1) is 6.92 Å². The minimum absolute atomic E-state index is 0.149. The van der Waals surface area contributed by atoms with Crippen LogP contribution in [0.25, 0.3) is 17.1 Å². The van der Waals surface area contributed by atoms with Gasteiger partial charge in [-0.05, 0) is 61.0 Å². The maximum absolute atomic E-state index is 12.6. The second-order valence-corrected chi connectivity index (χ2v) is 8.95. The molecule has 0 saturated carbocycles. The molecular formula is C22H17BrClN5OS. The number of benzene rings is 2. The van der Waals surface area contributed by atoms with E-state index >= 15 is 0 Å². The molecule has 2 heterocycles. The van der Waals surface area contributed by atoms with E-state index in [1.807, 2.05) is 54.0 Å². The average Bonchev–Trinajstić information content (AvgIpc) is 3.20. The number of aromatic nitrogens is 4. The molecule has 4 rings (SSSR count). The van der Waals surface area contributed by atoms with Gasteiger partial charge in [0, 0.05) is 38.8 Å². The van der Waals surface area contributed by atoms with E-state index in [4.69, 9.17) is 11.6 Å². The molecule has 4 aromatic rings. The molecule has 0 unspecified atom stereocenters. The van der Waals surface area contributed by atoms with Crippen molar-refractivity contribution in [3.63, 3.8) is 0 Å². The van der Waals surface area contributed by atoms with Crippen molar-refractivity contribution in [3.8, 4) is 17.1 Å². The van der Waals surface area contributed by atoms with Gasteiger partial charge < -0.3 is 5.32 Å². The molecule has 0 aliphatic heterocycles. The number of nitrogens with zero attached hydrogens (tertiary/aromatic N) is 4. The SMILES string of the molecule is Cc1ccc(Cl)cc1NC(=O)CSc1nnc(-c2cccnc2)n1-c1ccc(Br)cc1. The summed E-state index contributed by atoms with van der Waals surface area (Å²) in [5, 5.41) is 12.8. The number of rotatable bonds is 6. The number of amides is 1. The Morgan fingerprint density at radius 1 is 1.16 bits per heavy atom. The molecule has 0 bridgehead atoms. The zero-order valence-corrected chi connectivity index (χ0v) is 19.6. The van der Waals surface area contributed by atoms with Gasteiger partial charge in [0.15, 0.2) is 11.0 Å². The summed E-state index contributed by atoms with van der Waals surface area (Å²) in [6, 6.07) is 17.0. The van der Waals surface area contributed by atoms with Gasteiger partial charge >= 0.3 is 0 Å². The third kappa shape index (κ3) is 5.15. The largest absolute Gasteiger partial charge is 0.325 e. The molecule has 9 heteroatoms. The van der Waals surface area contributed by atoms with Crippen LogP contribution >= 0.6 is 39.3 Å². The minimum atomic E-state index is -0.149. The lowest BCUT2D eigenvalue weighted by molar-refractivity contribution is -0.113. The molecule has 1 amide bonds. The van der Waals surface area contributed by atoms with E-state index in [0.29, 0.717) is 21.7 Å². The molecular weight excluding hydrogens is 498 g/mol. The molecule has 0 saturated heterocycles. The molecule has 156 valence electrons. The first-order valence-electron chi connectivity index (χ1n) is 9.32. The lowest BCUT2D eigenvalue weighted by Crippen LogP contribution is -2.15. The Balaban J connectivity index is 1.59. The van der Waals surface area contributed by atoms with Crippen molar-refractivity contribution in [2.24, 2.45) is 0 Å². The molecule has 0 radical (unpaired) electrons. The third-order valence-corrected chi connectivity index (χ3v) is 6.14. The van der Waals surface area contributed by atoms with Gasteiger partial charge in [0.1, 0.15) is 0 Å². The lowest BCUT2D eigenvalue weighted by atomic mass is 10.2. The zero-order chi connectivity index (χ0) is 21.8. The minimum Gasteiger partial charge on any atom is -0.325 e. The predicted octanol–water partition coefficient (Wildman–Crippen LogP) is 5.78. The van der Waals surface area contributed by atoms with Gasteiger partial charge in [-0.3, -0.25) is 14.3 Å². The van der Waals surface area contributed by atoms with Crippen LogP contribution in [-0.2, 0) is 4.79 Å². The van der Waals surface area contributed by atoms with Gasteiger partial charge in [-0.15, -0.1) is 10.2 Å². The molecule has 0 aliphatic rings. The number of hydrogen-bond acceptors (Lipinski definition) is 5. The second-order valence-electron chi connectivity index (χ2n) is 6.66. The van der Waals surface area contributed by atoms with E-state index < -0.39 is 0 Å².